The molecule has 78 valence electrons. The van der Waals surface area contributed by atoms with Gasteiger partial charge in [-0.1, -0.05) is 12.1 Å². The molecule has 0 spiro atoms. The minimum Gasteiger partial charge on any atom is -0.382 e. The fourth-order valence-corrected chi connectivity index (χ4v) is 1.94. The predicted octanol–water partition coefficient (Wildman–Crippen LogP) is 2.67. The summed E-state index contributed by atoms with van der Waals surface area (Å²) < 4.78 is 13.0. The molecule has 1 aromatic heterocycles. The van der Waals surface area contributed by atoms with Gasteiger partial charge >= 0.3 is 0 Å². The van der Waals surface area contributed by atoms with Gasteiger partial charge in [-0.3, -0.25) is 0 Å². The second-order valence-corrected chi connectivity index (χ2v) is 4.04. The second kappa shape index (κ2) is 4.08. The van der Waals surface area contributed by atoms with Crippen LogP contribution in [0, 0.1) is 12.7 Å². The number of hydrogen-bond acceptors (Lipinski definition) is 3. The van der Waals surface area contributed by atoms with Gasteiger partial charge in [0, 0.05) is 5.38 Å². The molecule has 2 aromatic rings. The number of benzene rings is 1. The lowest BCUT2D eigenvalue weighted by atomic mass is 10.0. The van der Waals surface area contributed by atoms with E-state index in [1.165, 1.54) is 17.4 Å². The van der Waals surface area contributed by atoms with Gasteiger partial charge in [0.2, 0.25) is 0 Å². The minimum atomic E-state index is -0.768. The quantitative estimate of drug-likeness (QED) is 0.849. The SMILES string of the molecule is Cc1cc(C(O)c2cscn2)ccc1F. The molecule has 1 N–H and O–H groups in total. The molecule has 1 aromatic carbocycles. The number of aryl methyl sites for hydroxylation is 1. The number of aliphatic hydroxyl groups excluding tert-OH is 1. The van der Waals surface area contributed by atoms with Crippen LogP contribution in [0.4, 0.5) is 4.39 Å². The zero-order chi connectivity index (χ0) is 10.8. The fourth-order valence-electron chi connectivity index (χ4n) is 1.37. The first kappa shape index (κ1) is 10.3. The maximum absolute atomic E-state index is 13.0. The zero-order valence-corrected chi connectivity index (χ0v) is 8.96. The summed E-state index contributed by atoms with van der Waals surface area (Å²) in [5.74, 6) is -0.260. The van der Waals surface area contributed by atoms with Gasteiger partial charge in [0.1, 0.15) is 11.9 Å². The van der Waals surface area contributed by atoms with Crippen LogP contribution in [0.25, 0.3) is 0 Å². The summed E-state index contributed by atoms with van der Waals surface area (Å²) in [4.78, 5) is 4.02. The number of thiazole rings is 1. The van der Waals surface area contributed by atoms with Crippen molar-refractivity contribution in [3.05, 3.63) is 51.7 Å². The van der Waals surface area contributed by atoms with Gasteiger partial charge in [-0.05, 0) is 24.1 Å². The molecule has 15 heavy (non-hydrogen) atoms. The molecule has 2 rings (SSSR count). The van der Waals surface area contributed by atoms with Crippen LogP contribution in [0.1, 0.15) is 22.9 Å². The largest absolute Gasteiger partial charge is 0.382 e. The van der Waals surface area contributed by atoms with E-state index in [2.05, 4.69) is 4.98 Å². The molecule has 0 aliphatic carbocycles. The molecule has 0 aliphatic rings. The molecule has 1 heterocycles. The average Bonchev–Trinajstić information content (AvgIpc) is 2.74. The van der Waals surface area contributed by atoms with E-state index in [1.54, 1.807) is 29.9 Å². The van der Waals surface area contributed by atoms with Crippen LogP contribution in [-0.4, -0.2) is 10.1 Å². The third-order valence-electron chi connectivity index (χ3n) is 2.23. The predicted molar refractivity (Wildman–Crippen MR) is 57.3 cm³/mol. The summed E-state index contributed by atoms with van der Waals surface area (Å²) >= 11 is 1.42. The molecule has 0 saturated heterocycles. The molecule has 0 fully saturated rings. The van der Waals surface area contributed by atoms with Crippen molar-refractivity contribution < 1.29 is 9.50 Å². The van der Waals surface area contributed by atoms with Gasteiger partial charge in [-0.15, -0.1) is 11.3 Å². The molecule has 0 aliphatic heterocycles. The normalized spacial score (nSPS) is 12.7. The summed E-state index contributed by atoms with van der Waals surface area (Å²) in [5, 5.41) is 11.7. The number of nitrogens with zero attached hydrogens (tertiary/aromatic N) is 1. The Kier molecular flexibility index (Phi) is 2.79. The van der Waals surface area contributed by atoms with Crippen molar-refractivity contribution in [2.75, 3.05) is 0 Å². The van der Waals surface area contributed by atoms with E-state index < -0.39 is 6.10 Å². The summed E-state index contributed by atoms with van der Waals surface area (Å²) in [7, 11) is 0. The molecular formula is C11H10FNOS. The Labute approximate surface area is 91.0 Å². The van der Waals surface area contributed by atoms with Gasteiger partial charge in [-0.2, -0.15) is 0 Å². The highest BCUT2D eigenvalue weighted by atomic mass is 32.1. The standard InChI is InChI=1S/C11H10FNOS/c1-7-4-8(2-3-9(7)12)11(14)10-5-15-6-13-10/h2-6,11,14H,1H3. The molecule has 1 atom stereocenters. The Hall–Kier alpha value is -1.26. The molecule has 0 radical (unpaired) electrons. The van der Waals surface area contributed by atoms with Gasteiger partial charge in [0.05, 0.1) is 11.2 Å². The van der Waals surface area contributed by atoms with Gasteiger partial charge in [-0.25, -0.2) is 9.37 Å². The van der Waals surface area contributed by atoms with Crippen molar-refractivity contribution in [3.63, 3.8) is 0 Å². The van der Waals surface area contributed by atoms with E-state index in [0.717, 1.165) is 0 Å². The van der Waals surface area contributed by atoms with E-state index in [1.807, 2.05) is 0 Å². The highest BCUT2D eigenvalue weighted by Gasteiger charge is 2.13. The van der Waals surface area contributed by atoms with Crippen LogP contribution in [-0.2, 0) is 0 Å². The summed E-state index contributed by atoms with van der Waals surface area (Å²) in [6, 6.07) is 4.58. The summed E-state index contributed by atoms with van der Waals surface area (Å²) in [5.41, 5.74) is 3.46. The third kappa shape index (κ3) is 2.06. The van der Waals surface area contributed by atoms with Gasteiger partial charge in [0.25, 0.3) is 0 Å². The first-order valence-electron chi connectivity index (χ1n) is 4.50. The molecule has 0 saturated carbocycles. The van der Waals surface area contributed by atoms with Crippen molar-refractivity contribution >= 4 is 11.3 Å². The Balaban J connectivity index is 2.34. The zero-order valence-electron chi connectivity index (χ0n) is 8.14. The van der Waals surface area contributed by atoms with E-state index in [-0.39, 0.29) is 5.82 Å². The minimum absolute atomic E-state index is 0.260. The van der Waals surface area contributed by atoms with E-state index in [4.69, 9.17) is 0 Å². The van der Waals surface area contributed by atoms with Crippen molar-refractivity contribution in [1.82, 2.24) is 4.98 Å². The topological polar surface area (TPSA) is 33.1 Å². The number of halogens is 1. The third-order valence-corrected chi connectivity index (χ3v) is 2.83. The van der Waals surface area contributed by atoms with Crippen molar-refractivity contribution in [2.24, 2.45) is 0 Å². The van der Waals surface area contributed by atoms with Crippen LogP contribution in [0.3, 0.4) is 0 Å². The maximum Gasteiger partial charge on any atom is 0.126 e. The Morgan fingerprint density at radius 2 is 2.27 bits per heavy atom. The molecule has 0 amide bonds. The Morgan fingerprint density at radius 3 is 2.87 bits per heavy atom. The Bertz CT molecular complexity index is 456. The average molecular weight is 223 g/mol. The van der Waals surface area contributed by atoms with E-state index >= 15 is 0 Å². The lowest BCUT2D eigenvalue weighted by molar-refractivity contribution is 0.216. The van der Waals surface area contributed by atoms with Gasteiger partial charge in [0.15, 0.2) is 0 Å². The molecular weight excluding hydrogens is 213 g/mol. The molecule has 1 unspecified atom stereocenters. The van der Waals surface area contributed by atoms with Gasteiger partial charge < -0.3 is 5.11 Å². The number of aliphatic hydroxyl groups is 1. The molecule has 2 nitrogen and oxygen atoms in total. The van der Waals surface area contributed by atoms with Crippen molar-refractivity contribution in [1.29, 1.82) is 0 Å². The highest BCUT2D eigenvalue weighted by Crippen LogP contribution is 2.23. The Morgan fingerprint density at radius 1 is 1.47 bits per heavy atom. The number of hydrogen-bond donors (Lipinski definition) is 1. The maximum atomic E-state index is 13.0. The first-order valence-corrected chi connectivity index (χ1v) is 5.45. The van der Waals surface area contributed by atoms with Crippen molar-refractivity contribution in [3.8, 4) is 0 Å². The van der Waals surface area contributed by atoms with Crippen LogP contribution >= 0.6 is 11.3 Å². The molecule has 4 heteroatoms. The number of rotatable bonds is 2. The van der Waals surface area contributed by atoms with E-state index in [0.29, 0.717) is 16.8 Å². The van der Waals surface area contributed by atoms with Crippen LogP contribution < -0.4 is 0 Å². The lowest BCUT2D eigenvalue weighted by Crippen LogP contribution is -2.00. The fraction of sp³-hybridized carbons (Fsp3) is 0.182. The van der Waals surface area contributed by atoms with E-state index in [9.17, 15) is 9.50 Å². The monoisotopic (exact) mass is 223 g/mol. The summed E-state index contributed by atoms with van der Waals surface area (Å²) in [6.07, 6.45) is -0.768. The smallest absolute Gasteiger partial charge is 0.126 e. The van der Waals surface area contributed by atoms with Crippen LogP contribution in [0.2, 0.25) is 0 Å². The second-order valence-electron chi connectivity index (χ2n) is 3.32. The highest BCUT2D eigenvalue weighted by molar-refractivity contribution is 7.07. The van der Waals surface area contributed by atoms with Crippen LogP contribution in [0.5, 0.6) is 0 Å². The first-order chi connectivity index (χ1) is 7.18. The molecule has 0 bridgehead atoms. The summed E-state index contributed by atoms with van der Waals surface area (Å²) in [6.45, 7) is 1.67. The lowest BCUT2D eigenvalue weighted by Gasteiger charge is -2.09. The van der Waals surface area contributed by atoms with Crippen molar-refractivity contribution in [2.45, 2.75) is 13.0 Å². The van der Waals surface area contributed by atoms with Crippen LogP contribution in [0.15, 0.2) is 29.1 Å². The number of aromatic nitrogens is 1.